The van der Waals surface area contributed by atoms with Crippen molar-refractivity contribution in [3.8, 4) is 0 Å². The standard InChI is InChI=1S/C16H28N4/c1-5-20(6-2)11-7-10-18-16(17)19-15-9-8-13(3)14(4)12-15/h8-9,12H,5-7,10-11H2,1-4H3,(H3,17,18,19). The van der Waals surface area contributed by atoms with Gasteiger partial charge in [0.2, 0.25) is 0 Å². The molecule has 4 heteroatoms. The summed E-state index contributed by atoms with van der Waals surface area (Å²) in [6.45, 7) is 12.6. The van der Waals surface area contributed by atoms with Crippen molar-refractivity contribution in [1.29, 1.82) is 0 Å². The summed E-state index contributed by atoms with van der Waals surface area (Å²) in [5.74, 6) is 0.493. The van der Waals surface area contributed by atoms with E-state index in [2.05, 4.69) is 55.0 Å². The summed E-state index contributed by atoms with van der Waals surface area (Å²) in [5.41, 5.74) is 9.44. The van der Waals surface area contributed by atoms with Gasteiger partial charge in [0, 0.05) is 12.2 Å². The highest BCUT2D eigenvalue weighted by Gasteiger charge is 1.99. The van der Waals surface area contributed by atoms with E-state index in [0.717, 1.165) is 38.3 Å². The van der Waals surface area contributed by atoms with Crippen LogP contribution in [0.1, 0.15) is 31.4 Å². The lowest BCUT2D eigenvalue weighted by Crippen LogP contribution is -2.26. The molecule has 3 N–H and O–H groups in total. The van der Waals surface area contributed by atoms with Crippen LogP contribution >= 0.6 is 0 Å². The number of anilines is 1. The van der Waals surface area contributed by atoms with E-state index in [-0.39, 0.29) is 0 Å². The van der Waals surface area contributed by atoms with E-state index in [1.807, 2.05) is 6.07 Å². The summed E-state index contributed by atoms with van der Waals surface area (Å²) in [4.78, 5) is 6.76. The molecule has 0 radical (unpaired) electrons. The second-order valence-corrected chi connectivity index (χ2v) is 5.07. The van der Waals surface area contributed by atoms with Crippen LogP contribution in [-0.4, -0.2) is 37.0 Å². The molecule has 0 bridgehead atoms. The Hall–Kier alpha value is -1.55. The molecule has 0 unspecified atom stereocenters. The maximum atomic E-state index is 5.90. The van der Waals surface area contributed by atoms with Crippen LogP contribution in [0.3, 0.4) is 0 Å². The molecule has 1 aromatic rings. The molecule has 0 aliphatic heterocycles. The number of rotatable bonds is 7. The topological polar surface area (TPSA) is 53.6 Å². The number of nitrogens with two attached hydrogens (primary N) is 1. The minimum Gasteiger partial charge on any atom is -0.370 e. The zero-order valence-electron chi connectivity index (χ0n) is 13.2. The SMILES string of the molecule is CCN(CC)CCCN=C(N)Nc1ccc(C)c(C)c1. The summed E-state index contributed by atoms with van der Waals surface area (Å²) in [6.07, 6.45) is 1.04. The van der Waals surface area contributed by atoms with Crippen LogP contribution in [0.25, 0.3) is 0 Å². The molecule has 1 aromatic carbocycles. The highest BCUT2D eigenvalue weighted by Crippen LogP contribution is 2.13. The predicted molar refractivity (Wildman–Crippen MR) is 88.4 cm³/mol. The van der Waals surface area contributed by atoms with E-state index < -0.39 is 0 Å². The van der Waals surface area contributed by atoms with Gasteiger partial charge in [0.1, 0.15) is 0 Å². The van der Waals surface area contributed by atoms with E-state index in [1.165, 1.54) is 11.1 Å². The molecule has 0 amide bonds. The van der Waals surface area contributed by atoms with Crippen molar-refractivity contribution in [2.45, 2.75) is 34.1 Å². The smallest absolute Gasteiger partial charge is 0.193 e. The molecule has 0 saturated carbocycles. The Labute approximate surface area is 123 Å². The molecule has 1 rings (SSSR count). The third kappa shape index (κ3) is 5.61. The fourth-order valence-electron chi connectivity index (χ4n) is 2.04. The monoisotopic (exact) mass is 276 g/mol. The second-order valence-electron chi connectivity index (χ2n) is 5.07. The van der Waals surface area contributed by atoms with Gasteiger partial charge in [-0.15, -0.1) is 0 Å². The van der Waals surface area contributed by atoms with Gasteiger partial charge in [0.05, 0.1) is 0 Å². The minimum atomic E-state index is 0.493. The number of nitrogens with zero attached hydrogens (tertiary/aromatic N) is 2. The van der Waals surface area contributed by atoms with Crippen LogP contribution in [0.4, 0.5) is 5.69 Å². The van der Waals surface area contributed by atoms with Crippen LogP contribution < -0.4 is 11.1 Å². The molecule has 0 saturated heterocycles. The van der Waals surface area contributed by atoms with Crippen molar-refractivity contribution >= 4 is 11.6 Å². The Morgan fingerprint density at radius 2 is 1.90 bits per heavy atom. The van der Waals surface area contributed by atoms with Crippen molar-refractivity contribution in [3.05, 3.63) is 29.3 Å². The highest BCUT2D eigenvalue weighted by atomic mass is 15.1. The summed E-state index contributed by atoms with van der Waals surface area (Å²) in [6, 6.07) is 6.21. The Balaban J connectivity index is 2.39. The summed E-state index contributed by atoms with van der Waals surface area (Å²) >= 11 is 0. The third-order valence-corrected chi connectivity index (χ3v) is 3.59. The zero-order valence-corrected chi connectivity index (χ0v) is 13.2. The Morgan fingerprint density at radius 1 is 1.20 bits per heavy atom. The van der Waals surface area contributed by atoms with Crippen molar-refractivity contribution < 1.29 is 0 Å². The number of aryl methyl sites for hydroxylation is 2. The molecule has 0 atom stereocenters. The second kappa shape index (κ2) is 8.59. The maximum absolute atomic E-state index is 5.90. The molecule has 0 aliphatic carbocycles. The average Bonchev–Trinajstić information content (AvgIpc) is 2.43. The highest BCUT2D eigenvalue weighted by molar-refractivity contribution is 5.92. The maximum Gasteiger partial charge on any atom is 0.193 e. The first-order valence-corrected chi connectivity index (χ1v) is 7.43. The van der Waals surface area contributed by atoms with Gasteiger partial charge in [-0.05, 0) is 63.2 Å². The first kappa shape index (κ1) is 16.5. The fraction of sp³-hybridized carbons (Fsp3) is 0.562. The van der Waals surface area contributed by atoms with E-state index in [9.17, 15) is 0 Å². The van der Waals surface area contributed by atoms with Gasteiger partial charge in [-0.25, -0.2) is 0 Å². The third-order valence-electron chi connectivity index (χ3n) is 3.59. The fourth-order valence-corrected chi connectivity index (χ4v) is 2.04. The molecular weight excluding hydrogens is 248 g/mol. The zero-order chi connectivity index (χ0) is 15.0. The van der Waals surface area contributed by atoms with Gasteiger partial charge in [0.15, 0.2) is 5.96 Å². The van der Waals surface area contributed by atoms with Crippen molar-refractivity contribution in [2.24, 2.45) is 10.7 Å². The lowest BCUT2D eigenvalue weighted by Gasteiger charge is -2.16. The van der Waals surface area contributed by atoms with E-state index in [0.29, 0.717) is 5.96 Å². The van der Waals surface area contributed by atoms with Crippen molar-refractivity contribution in [1.82, 2.24) is 4.90 Å². The van der Waals surface area contributed by atoms with Crippen LogP contribution in [0.15, 0.2) is 23.2 Å². The normalized spacial score (nSPS) is 11.9. The van der Waals surface area contributed by atoms with Crippen LogP contribution in [-0.2, 0) is 0 Å². The predicted octanol–water partition coefficient (Wildman–Crippen LogP) is 2.76. The molecule has 0 heterocycles. The van der Waals surface area contributed by atoms with Crippen LogP contribution in [0.2, 0.25) is 0 Å². The quantitative estimate of drug-likeness (QED) is 0.457. The van der Waals surface area contributed by atoms with Crippen molar-refractivity contribution in [2.75, 3.05) is 31.5 Å². The number of aliphatic imine (C=N–C) groups is 1. The van der Waals surface area contributed by atoms with Crippen LogP contribution in [0, 0.1) is 13.8 Å². The Bertz CT molecular complexity index is 436. The van der Waals surface area contributed by atoms with Gasteiger partial charge < -0.3 is 16.0 Å². The number of hydrogen-bond donors (Lipinski definition) is 2. The molecule has 0 spiro atoms. The van der Waals surface area contributed by atoms with Gasteiger partial charge in [0.25, 0.3) is 0 Å². The average molecular weight is 276 g/mol. The first-order valence-electron chi connectivity index (χ1n) is 7.43. The Morgan fingerprint density at radius 3 is 2.50 bits per heavy atom. The first-order chi connectivity index (χ1) is 9.56. The van der Waals surface area contributed by atoms with Gasteiger partial charge in [-0.3, -0.25) is 4.99 Å². The van der Waals surface area contributed by atoms with Crippen molar-refractivity contribution in [3.63, 3.8) is 0 Å². The summed E-state index contributed by atoms with van der Waals surface area (Å²) < 4.78 is 0. The Kier molecular flexibility index (Phi) is 7.09. The van der Waals surface area contributed by atoms with Crippen LogP contribution in [0.5, 0.6) is 0 Å². The molecule has 0 aromatic heterocycles. The molecule has 0 fully saturated rings. The number of guanidine groups is 1. The molecule has 112 valence electrons. The lowest BCUT2D eigenvalue weighted by molar-refractivity contribution is 0.302. The number of hydrogen-bond acceptors (Lipinski definition) is 2. The van der Waals surface area contributed by atoms with E-state index in [1.54, 1.807) is 0 Å². The molecular formula is C16H28N4. The number of nitrogens with one attached hydrogen (secondary N) is 1. The largest absolute Gasteiger partial charge is 0.370 e. The van der Waals surface area contributed by atoms with Gasteiger partial charge in [-0.2, -0.15) is 0 Å². The van der Waals surface area contributed by atoms with E-state index in [4.69, 9.17) is 5.73 Å². The molecule has 4 nitrogen and oxygen atoms in total. The van der Waals surface area contributed by atoms with E-state index >= 15 is 0 Å². The molecule has 20 heavy (non-hydrogen) atoms. The van der Waals surface area contributed by atoms with Gasteiger partial charge >= 0.3 is 0 Å². The summed E-state index contributed by atoms with van der Waals surface area (Å²) in [7, 11) is 0. The molecule has 0 aliphatic rings. The number of benzene rings is 1. The minimum absolute atomic E-state index is 0.493. The summed E-state index contributed by atoms with van der Waals surface area (Å²) in [5, 5.41) is 3.14. The van der Waals surface area contributed by atoms with Gasteiger partial charge in [-0.1, -0.05) is 19.9 Å². The lowest BCUT2D eigenvalue weighted by atomic mass is 10.1.